The van der Waals surface area contributed by atoms with Gasteiger partial charge in [-0.25, -0.2) is 0 Å². The van der Waals surface area contributed by atoms with Crippen molar-refractivity contribution >= 4 is 22.7 Å². The molecule has 102 valence electrons. The molecule has 0 atom stereocenters. The zero-order valence-electron chi connectivity index (χ0n) is 11.8. The van der Waals surface area contributed by atoms with Gasteiger partial charge in [-0.15, -0.1) is 0 Å². The number of benzene rings is 2. The van der Waals surface area contributed by atoms with E-state index in [-0.39, 0.29) is 0 Å². The van der Waals surface area contributed by atoms with Crippen LogP contribution in [0.4, 0.5) is 5.69 Å². The highest BCUT2D eigenvalue weighted by atomic mass is 16.5. The Labute approximate surface area is 123 Å². The third kappa shape index (κ3) is 1.98. The molecule has 1 aliphatic heterocycles. The van der Waals surface area contributed by atoms with Crippen molar-refractivity contribution < 1.29 is 9.31 Å². The van der Waals surface area contributed by atoms with Gasteiger partial charge in [0.2, 0.25) is 5.69 Å². The van der Waals surface area contributed by atoms with Crippen molar-refractivity contribution in [1.29, 1.82) is 0 Å². The highest BCUT2D eigenvalue weighted by molar-refractivity contribution is 5.91. The minimum Gasteiger partial charge on any atom is -0.435 e. The van der Waals surface area contributed by atoms with Crippen molar-refractivity contribution in [1.82, 2.24) is 4.98 Å². The lowest BCUT2D eigenvalue weighted by Gasteiger charge is -2.15. The van der Waals surface area contributed by atoms with Crippen molar-refractivity contribution in [2.45, 2.75) is 6.92 Å². The van der Waals surface area contributed by atoms with Crippen LogP contribution >= 0.6 is 0 Å². The molecule has 1 aliphatic rings. The summed E-state index contributed by atoms with van der Waals surface area (Å²) < 4.78 is 8.08. The van der Waals surface area contributed by atoms with E-state index in [2.05, 4.69) is 59.1 Å². The molecule has 0 spiro atoms. The molecule has 1 aromatic heterocycles. The van der Waals surface area contributed by atoms with Gasteiger partial charge in [-0.1, -0.05) is 24.3 Å². The molecule has 0 saturated heterocycles. The molecule has 3 heteroatoms. The first kappa shape index (κ1) is 12.1. The van der Waals surface area contributed by atoms with Crippen LogP contribution in [0.3, 0.4) is 0 Å². The lowest BCUT2D eigenvalue weighted by molar-refractivity contribution is -0.474. The number of aromatic nitrogens is 1. The minimum absolute atomic E-state index is 0.520. The highest BCUT2D eigenvalue weighted by Gasteiger charge is 2.21. The Morgan fingerprint density at radius 1 is 1.10 bits per heavy atom. The Hall–Kier alpha value is -2.68. The molecular weight excluding hydrogens is 260 g/mol. The van der Waals surface area contributed by atoms with Crippen LogP contribution in [-0.4, -0.2) is 22.5 Å². The van der Waals surface area contributed by atoms with Gasteiger partial charge in [0, 0.05) is 18.5 Å². The van der Waals surface area contributed by atoms with Gasteiger partial charge in [-0.2, -0.15) is 4.58 Å². The molecule has 0 unspecified atom stereocenters. The summed E-state index contributed by atoms with van der Waals surface area (Å²) >= 11 is 0. The quantitative estimate of drug-likeness (QED) is 0.633. The maximum atomic E-state index is 5.94. The summed E-state index contributed by atoms with van der Waals surface area (Å²) in [5.74, 6) is 0.979. The lowest BCUT2D eigenvalue weighted by Crippen LogP contribution is -2.21. The first-order valence-corrected chi connectivity index (χ1v) is 6.99. The Morgan fingerprint density at radius 3 is 2.95 bits per heavy atom. The average Bonchev–Trinajstić information content (AvgIpc) is 2.54. The van der Waals surface area contributed by atoms with Gasteiger partial charge in [-0.05, 0) is 30.0 Å². The normalized spacial score (nSPS) is 13.5. The fourth-order valence-corrected chi connectivity index (χ4v) is 2.80. The van der Waals surface area contributed by atoms with Gasteiger partial charge in [0.1, 0.15) is 5.75 Å². The summed E-state index contributed by atoms with van der Waals surface area (Å²) in [5.41, 5.74) is 3.40. The molecule has 0 radical (unpaired) electrons. The van der Waals surface area contributed by atoms with E-state index in [0.29, 0.717) is 6.73 Å². The number of rotatable bonds is 1. The van der Waals surface area contributed by atoms with Gasteiger partial charge in [-0.3, -0.25) is 4.98 Å². The van der Waals surface area contributed by atoms with Crippen LogP contribution in [0.25, 0.3) is 10.8 Å². The van der Waals surface area contributed by atoms with Crippen LogP contribution in [-0.2, 0) is 0 Å². The molecule has 0 amide bonds. The number of hydrogen-bond acceptors (Lipinski definition) is 2. The van der Waals surface area contributed by atoms with E-state index in [1.54, 1.807) is 0 Å². The summed E-state index contributed by atoms with van der Waals surface area (Å²) in [7, 11) is 0. The molecule has 3 aromatic rings. The maximum Gasteiger partial charge on any atom is 0.292 e. The van der Waals surface area contributed by atoms with Crippen LogP contribution in [0.15, 0.2) is 54.9 Å². The predicted molar refractivity (Wildman–Crippen MR) is 83.5 cm³/mol. The second-order valence-electron chi connectivity index (χ2n) is 5.24. The maximum absolute atomic E-state index is 5.94. The van der Waals surface area contributed by atoms with Crippen molar-refractivity contribution in [3.63, 3.8) is 0 Å². The van der Waals surface area contributed by atoms with Crippen LogP contribution in [0.2, 0.25) is 0 Å². The summed E-state index contributed by atoms with van der Waals surface area (Å²) in [6.45, 7) is 2.59. The Morgan fingerprint density at radius 2 is 2.00 bits per heavy atom. The molecule has 0 fully saturated rings. The zero-order chi connectivity index (χ0) is 14.2. The molecular formula is C18H15N2O+. The van der Waals surface area contributed by atoms with Gasteiger partial charge in [0.25, 0.3) is 6.73 Å². The average molecular weight is 275 g/mol. The number of pyridine rings is 1. The SMILES string of the molecule is Cc1cccc2c1OC[N+](c1cccc3ccncc13)=C2. The molecule has 0 saturated carbocycles. The number of nitrogens with zero attached hydrogens (tertiary/aromatic N) is 2. The topological polar surface area (TPSA) is 25.1 Å². The largest absolute Gasteiger partial charge is 0.435 e. The van der Waals surface area contributed by atoms with Crippen molar-refractivity contribution in [2.75, 3.05) is 6.73 Å². The van der Waals surface area contributed by atoms with E-state index in [9.17, 15) is 0 Å². The van der Waals surface area contributed by atoms with E-state index < -0.39 is 0 Å². The first-order valence-electron chi connectivity index (χ1n) is 6.99. The van der Waals surface area contributed by atoms with E-state index in [1.165, 1.54) is 10.9 Å². The molecule has 2 aromatic carbocycles. The van der Waals surface area contributed by atoms with Gasteiger partial charge >= 0.3 is 0 Å². The second kappa shape index (κ2) is 4.70. The highest BCUT2D eigenvalue weighted by Crippen LogP contribution is 2.29. The van der Waals surface area contributed by atoms with Crippen LogP contribution in [0, 0.1) is 6.92 Å². The van der Waals surface area contributed by atoms with Gasteiger partial charge in [0.05, 0.1) is 10.9 Å². The van der Waals surface area contributed by atoms with Crippen LogP contribution in [0.1, 0.15) is 11.1 Å². The summed E-state index contributed by atoms with van der Waals surface area (Å²) in [6.07, 6.45) is 5.87. The molecule has 2 heterocycles. The van der Waals surface area contributed by atoms with Crippen molar-refractivity contribution in [2.24, 2.45) is 0 Å². The molecule has 4 rings (SSSR count). The summed E-state index contributed by atoms with van der Waals surface area (Å²) in [6, 6.07) is 14.5. The van der Waals surface area contributed by atoms with Crippen LogP contribution in [0.5, 0.6) is 5.75 Å². The van der Waals surface area contributed by atoms with E-state index >= 15 is 0 Å². The fraction of sp³-hybridized carbons (Fsp3) is 0.111. The third-order valence-electron chi connectivity index (χ3n) is 3.86. The molecule has 0 aliphatic carbocycles. The van der Waals surface area contributed by atoms with Crippen molar-refractivity contribution in [3.8, 4) is 5.75 Å². The lowest BCUT2D eigenvalue weighted by atomic mass is 10.1. The Kier molecular flexibility index (Phi) is 2.71. The van der Waals surface area contributed by atoms with E-state index in [1.807, 2.05) is 18.5 Å². The number of hydrogen-bond donors (Lipinski definition) is 0. The number of ether oxygens (including phenoxy) is 1. The smallest absolute Gasteiger partial charge is 0.292 e. The summed E-state index contributed by atoms with van der Waals surface area (Å²) in [4.78, 5) is 4.25. The van der Waals surface area contributed by atoms with E-state index in [4.69, 9.17) is 4.74 Å². The first-order chi connectivity index (χ1) is 10.3. The number of fused-ring (bicyclic) bond motifs is 2. The van der Waals surface area contributed by atoms with Crippen LogP contribution < -0.4 is 4.74 Å². The molecule has 3 nitrogen and oxygen atoms in total. The van der Waals surface area contributed by atoms with E-state index in [0.717, 1.165) is 22.4 Å². The van der Waals surface area contributed by atoms with Gasteiger partial charge in [0.15, 0.2) is 6.21 Å². The standard InChI is InChI=1S/C18H15N2O/c1-13-4-2-6-15-11-20(12-21-18(13)15)17-7-3-5-14-8-9-19-10-16(14)17/h2-11H,12H2,1H3/q+1. The number of aryl methyl sites for hydroxylation is 1. The summed E-state index contributed by atoms with van der Waals surface area (Å²) in [5, 5.41) is 2.32. The van der Waals surface area contributed by atoms with Gasteiger partial charge < -0.3 is 4.74 Å². The predicted octanol–water partition coefficient (Wildman–Crippen LogP) is 3.66. The second-order valence-corrected chi connectivity index (χ2v) is 5.24. The molecule has 0 N–H and O–H groups in total. The Bertz CT molecular complexity index is 863. The molecule has 21 heavy (non-hydrogen) atoms. The monoisotopic (exact) mass is 275 g/mol. The van der Waals surface area contributed by atoms with Crippen molar-refractivity contribution in [3.05, 3.63) is 66.0 Å². The minimum atomic E-state index is 0.520. The molecule has 0 bridgehead atoms. The zero-order valence-corrected chi connectivity index (χ0v) is 11.8. The third-order valence-corrected chi connectivity index (χ3v) is 3.86. The number of para-hydroxylation sites is 1. The Balaban J connectivity index is 1.91. The fourth-order valence-electron chi connectivity index (χ4n) is 2.80.